The summed E-state index contributed by atoms with van der Waals surface area (Å²) in [6, 6.07) is 3.95. The molecule has 0 saturated carbocycles. The molecule has 0 atom stereocenters. The SMILES string of the molecule is CCCc1nc(NCC)cc(Sc2ccoc2C)n1. The first-order valence-electron chi connectivity index (χ1n) is 6.56. The van der Waals surface area contributed by atoms with Gasteiger partial charge in [0.05, 0.1) is 11.2 Å². The molecule has 0 amide bonds. The summed E-state index contributed by atoms with van der Waals surface area (Å²) in [5, 5.41) is 4.21. The van der Waals surface area contributed by atoms with Gasteiger partial charge in [0.25, 0.3) is 0 Å². The van der Waals surface area contributed by atoms with Crippen molar-refractivity contribution in [2.24, 2.45) is 0 Å². The predicted octanol–water partition coefficient (Wildman–Crippen LogP) is 3.91. The number of nitrogens with zero attached hydrogens (tertiary/aromatic N) is 2. The maximum Gasteiger partial charge on any atom is 0.132 e. The molecule has 0 saturated heterocycles. The average Bonchev–Trinajstić information content (AvgIpc) is 2.76. The van der Waals surface area contributed by atoms with E-state index in [0.717, 1.165) is 46.7 Å². The molecule has 0 aliphatic carbocycles. The Morgan fingerprint density at radius 1 is 1.32 bits per heavy atom. The predicted molar refractivity (Wildman–Crippen MR) is 77.8 cm³/mol. The van der Waals surface area contributed by atoms with Gasteiger partial charge in [0.2, 0.25) is 0 Å². The quantitative estimate of drug-likeness (QED) is 0.811. The molecule has 4 nitrogen and oxygen atoms in total. The summed E-state index contributed by atoms with van der Waals surface area (Å²) in [5.74, 6) is 2.71. The van der Waals surface area contributed by atoms with Crippen LogP contribution < -0.4 is 5.32 Å². The van der Waals surface area contributed by atoms with Crippen LogP contribution >= 0.6 is 11.8 Å². The Morgan fingerprint density at radius 3 is 2.79 bits per heavy atom. The third-order valence-electron chi connectivity index (χ3n) is 2.61. The molecule has 2 rings (SSSR count). The smallest absolute Gasteiger partial charge is 0.132 e. The molecule has 1 N–H and O–H groups in total. The Bertz CT molecular complexity index is 515. The summed E-state index contributed by atoms with van der Waals surface area (Å²) in [5.41, 5.74) is 0. The largest absolute Gasteiger partial charge is 0.468 e. The maximum atomic E-state index is 5.31. The van der Waals surface area contributed by atoms with E-state index in [0.29, 0.717) is 0 Å². The Labute approximate surface area is 118 Å². The number of aromatic nitrogens is 2. The first-order chi connectivity index (χ1) is 9.22. The summed E-state index contributed by atoms with van der Waals surface area (Å²) in [4.78, 5) is 10.2. The van der Waals surface area contributed by atoms with E-state index in [1.165, 1.54) is 0 Å². The van der Waals surface area contributed by atoms with Gasteiger partial charge in [-0.25, -0.2) is 9.97 Å². The minimum Gasteiger partial charge on any atom is -0.468 e. The van der Waals surface area contributed by atoms with E-state index < -0.39 is 0 Å². The molecule has 5 heteroatoms. The number of hydrogen-bond acceptors (Lipinski definition) is 5. The van der Waals surface area contributed by atoms with Gasteiger partial charge in [0, 0.05) is 19.0 Å². The molecule has 0 aromatic carbocycles. The van der Waals surface area contributed by atoms with Crippen LogP contribution in [0.2, 0.25) is 0 Å². The molecular formula is C14H19N3OS. The van der Waals surface area contributed by atoms with Crippen molar-refractivity contribution in [2.75, 3.05) is 11.9 Å². The molecule has 0 radical (unpaired) electrons. The van der Waals surface area contributed by atoms with Gasteiger partial charge in [0.15, 0.2) is 0 Å². The third-order valence-corrected chi connectivity index (χ3v) is 3.67. The van der Waals surface area contributed by atoms with Crippen molar-refractivity contribution in [3.05, 3.63) is 30.0 Å². The fourth-order valence-corrected chi connectivity index (χ4v) is 2.59. The van der Waals surface area contributed by atoms with Gasteiger partial charge in [-0.15, -0.1) is 0 Å². The van der Waals surface area contributed by atoms with Gasteiger partial charge in [-0.2, -0.15) is 0 Å². The molecule has 2 aromatic rings. The van der Waals surface area contributed by atoms with Gasteiger partial charge in [-0.05, 0) is 26.3 Å². The highest BCUT2D eigenvalue weighted by atomic mass is 32.2. The molecule has 0 aliphatic rings. The average molecular weight is 277 g/mol. The summed E-state index contributed by atoms with van der Waals surface area (Å²) < 4.78 is 5.31. The van der Waals surface area contributed by atoms with Gasteiger partial charge < -0.3 is 9.73 Å². The molecule has 0 bridgehead atoms. The van der Waals surface area contributed by atoms with E-state index in [1.54, 1.807) is 18.0 Å². The summed E-state index contributed by atoms with van der Waals surface area (Å²) in [6.45, 7) is 7.02. The molecule has 2 aromatic heterocycles. The van der Waals surface area contributed by atoms with Gasteiger partial charge in [0.1, 0.15) is 22.4 Å². The summed E-state index contributed by atoms with van der Waals surface area (Å²) in [6.07, 6.45) is 3.65. The summed E-state index contributed by atoms with van der Waals surface area (Å²) in [7, 11) is 0. The molecule has 102 valence electrons. The number of anilines is 1. The Kier molecular flexibility index (Phi) is 4.85. The lowest BCUT2D eigenvalue weighted by atomic mass is 10.3. The number of aryl methyl sites for hydroxylation is 2. The highest BCUT2D eigenvalue weighted by Gasteiger charge is 2.08. The second kappa shape index (κ2) is 6.61. The van der Waals surface area contributed by atoms with Crippen molar-refractivity contribution in [3.63, 3.8) is 0 Å². The second-order valence-corrected chi connectivity index (χ2v) is 5.29. The van der Waals surface area contributed by atoms with Crippen LogP contribution in [-0.4, -0.2) is 16.5 Å². The minimum absolute atomic E-state index is 0.859. The number of rotatable bonds is 6. The second-order valence-electron chi connectivity index (χ2n) is 4.23. The van der Waals surface area contributed by atoms with Gasteiger partial charge >= 0.3 is 0 Å². The zero-order valence-corrected chi connectivity index (χ0v) is 12.4. The topological polar surface area (TPSA) is 51.0 Å². The van der Waals surface area contributed by atoms with Gasteiger partial charge in [-0.1, -0.05) is 18.7 Å². The first kappa shape index (κ1) is 13.9. The van der Waals surface area contributed by atoms with Crippen molar-refractivity contribution < 1.29 is 4.42 Å². The van der Waals surface area contributed by atoms with E-state index >= 15 is 0 Å². The van der Waals surface area contributed by atoms with Gasteiger partial charge in [-0.3, -0.25) is 0 Å². The van der Waals surface area contributed by atoms with Crippen LogP contribution in [0.1, 0.15) is 31.9 Å². The zero-order valence-electron chi connectivity index (χ0n) is 11.6. The number of furan rings is 1. The standard InChI is InChI=1S/C14H19N3OS/c1-4-6-12-16-13(15-5-2)9-14(17-12)19-11-7-8-18-10(11)3/h7-9H,4-6H2,1-3H3,(H,15,16,17). The van der Waals surface area contributed by atoms with E-state index in [4.69, 9.17) is 4.42 Å². The van der Waals surface area contributed by atoms with E-state index in [2.05, 4.69) is 29.1 Å². The highest BCUT2D eigenvalue weighted by molar-refractivity contribution is 7.99. The normalized spacial score (nSPS) is 10.7. The fourth-order valence-electron chi connectivity index (χ4n) is 1.72. The monoisotopic (exact) mass is 277 g/mol. The van der Waals surface area contributed by atoms with Crippen LogP contribution in [0.4, 0.5) is 5.82 Å². The van der Waals surface area contributed by atoms with Crippen LogP contribution in [0.3, 0.4) is 0 Å². The van der Waals surface area contributed by atoms with E-state index in [1.807, 2.05) is 19.1 Å². The highest BCUT2D eigenvalue weighted by Crippen LogP contribution is 2.30. The molecule has 0 fully saturated rings. The van der Waals surface area contributed by atoms with Crippen LogP contribution in [0.5, 0.6) is 0 Å². The van der Waals surface area contributed by atoms with Crippen molar-refractivity contribution in [3.8, 4) is 0 Å². The Balaban J connectivity index is 2.25. The number of nitrogens with one attached hydrogen (secondary N) is 1. The lowest BCUT2D eigenvalue weighted by Crippen LogP contribution is -2.04. The Hall–Kier alpha value is -1.49. The van der Waals surface area contributed by atoms with E-state index in [9.17, 15) is 0 Å². The fraction of sp³-hybridized carbons (Fsp3) is 0.429. The van der Waals surface area contributed by atoms with Crippen LogP contribution in [0.25, 0.3) is 0 Å². The zero-order chi connectivity index (χ0) is 13.7. The molecule has 2 heterocycles. The molecule has 19 heavy (non-hydrogen) atoms. The lowest BCUT2D eigenvalue weighted by molar-refractivity contribution is 0.527. The lowest BCUT2D eigenvalue weighted by Gasteiger charge is -2.07. The molecule has 0 spiro atoms. The van der Waals surface area contributed by atoms with Crippen LogP contribution in [0.15, 0.2) is 32.7 Å². The van der Waals surface area contributed by atoms with Crippen molar-refractivity contribution in [2.45, 2.75) is 43.5 Å². The van der Waals surface area contributed by atoms with Crippen LogP contribution in [-0.2, 0) is 6.42 Å². The van der Waals surface area contributed by atoms with Crippen molar-refractivity contribution >= 4 is 17.6 Å². The van der Waals surface area contributed by atoms with Crippen LogP contribution in [0, 0.1) is 6.92 Å². The first-order valence-corrected chi connectivity index (χ1v) is 7.38. The molecule has 0 aliphatic heterocycles. The minimum atomic E-state index is 0.859. The van der Waals surface area contributed by atoms with E-state index in [-0.39, 0.29) is 0 Å². The summed E-state index contributed by atoms with van der Waals surface area (Å²) >= 11 is 1.62. The van der Waals surface area contributed by atoms with Crippen molar-refractivity contribution in [1.29, 1.82) is 0 Å². The molecule has 0 unspecified atom stereocenters. The van der Waals surface area contributed by atoms with Crippen molar-refractivity contribution in [1.82, 2.24) is 9.97 Å². The molecular weight excluding hydrogens is 258 g/mol. The third kappa shape index (κ3) is 3.73. The number of hydrogen-bond donors (Lipinski definition) is 1. The Morgan fingerprint density at radius 2 is 2.16 bits per heavy atom. The maximum absolute atomic E-state index is 5.31.